The standard InChI is InChI=1S/C8H10N2O4S/c1-15(13,14)10-7-3-5(8(11)12)2-6(9)4-7/h2-4,10H,9H2,1H3,(H,11,12). The van der Waals surface area contributed by atoms with E-state index in [-0.39, 0.29) is 16.9 Å². The highest BCUT2D eigenvalue weighted by molar-refractivity contribution is 7.92. The van der Waals surface area contributed by atoms with Crippen LogP contribution in [0.4, 0.5) is 11.4 Å². The summed E-state index contributed by atoms with van der Waals surface area (Å²) in [6, 6.07) is 3.78. The SMILES string of the molecule is CS(=O)(=O)Nc1cc(N)cc(C(=O)O)c1. The molecule has 0 aromatic heterocycles. The van der Waals surface area contributed by atoms with Gasteiger partial charge in [-0.05, 0) is 18.2 Å². The van der Waals surface area contributed by atoms with E-state index in [0.717, 1.165) is 6.26 Å². The summed E-state index contributed by atoms with van der Waals surface area (Å²) in [4.78, 5) is 10.6. The zero-order valence-corrected chi connectivity index (χ0v) is 8.71. The van der Waals surface area contributed by atoms with E-state index in [4.69, 9.17) is 10.8 Å². The lowest BCUT2D eigenvalue weighted by Crippen LogP contribution is -2.10. The number of nitrogen functional groups attached to an aromatic ring is 1. The van der Waals surface area contributed by atoms with Crippen LogP contribution in [0.5, 0.6) is 0 Å². The summed E-state index contributed by atoms with van der Waals surface area (Å²) >= 11 is 0. The van der Waals surface area contributed by atoms with Crippen LogP contribution in [-0.2, 0) is 10.0 Å². The lowest BCUT2D eigenvalue weighted by molar-refractivity contribution is 0.0697. The Hall–Kier alpha value is -1.76. The van der Waals surface area contributed by atoms with Gasteiger partial charge < -0.3 is 10.8 Å². The zero-order valence-electron chi connectivity index (χ0n) is 7.89. The number of hydrogen-bond donors (Lipinski definition) is 3. The van der Waals surface area contributed by atoms with Crippen molar-refractivity contribution < 1.29 is 18.3 Å². The van der Waals surface area contributed by atoms with Gasteiger partial charge >= 0.3 is 5.97 Å². The number of anilines is 2. The van der Waals surface area contributed by atoms with Crippen LogP contribution in [-0.4, -0.2) is 25.7 Å². The topological polar surface area (TPSA) is 109 Å². The number of benzene rings is 1. The first-order valence-corrected chi connectivity index (χ1v) is 5.79. The number of hydrogen-bond acceptors (Lipinski definition) is 4. The first kappa shape index (κ1) is 11.3. The quantitative estimate of drug-likeness (QED) is 0.648. The summed E-state index contributed by atoms with van der Waals surface area (Å²) in [7, 11) is -3.43. The van der Waals surface area contributed by atoms with Gasteiger partial charge in [0, 0.05) is 5.69 Å². The molecule has 6 nitrogen and oxygen atoms in total. The summed E-state index contributed by atoms with van der Waals surface area (Å²) in [6.45, 7) is 0. The van der Waals surface area contributed by atoms with Crippen LogP contribution in [0.25, 0.3) is 0 Å². The fourth-order valence-electron chi connectivity index (χ4n) is 1.05. The van der Waals surface area contributed by atoms with E-state index >= 15 is 0 Å². The summed E-state index contributed by atoms with van der Waals surface area (Å²) in [6.07, 6.45) is 0.969. The van der Waals surface area contributed by atoms with Gasteiger partial charge in [-0.25, -0.2) is 13.2 Å². The second-order valence-corrected chi connectivity index (χ2v) is 4.77. The Labute approximate surface area is 86.8 Å². The molecule has 0 unspecified atom stereocenters. The molecule has 0 atom stereocenters. The van der Waals surface area contributed by atoms with Gasteiger partial charge in [0.25, 0.3) is 0 Å². The Morgan fingerprint density at radius 2 is 2.00 bits per heavy atom. The van der Waals surface area contributed by atoms with Gasteiger partial charge in [0.2, 0.25) is 10.0 Å². The third kappa shape index (κ3) is 3.47. The van der Waals surface area contributed by atoms with Crippen molar-refractivity contribution in [1.29, 1.82) is 0 Å². The number of sulfonamides is 1. The zero-order chi connectivity index (χ0) is 11.6. The molecule has 1 aromatic rings. The van der Waals surface area contributed by atoms with Crippen LogP contribution in [0.15, 0.2) is 18.2 Å². The fourth-order valence-corrected chi connectivity index (χ4v) is 1.59. The first-order valence-electron chi connectivity index (χ1n) is 3.89. The molecule has 0 aliphatic carbocycles. The highest BCUT2D eigenvalue weighted by Crippen LogP contribution is 2.17. The van der Waals surface area contributed by atoms with Crippen LogP contribution in [0, 0.1) is 0 Å². The third-order valence-electron chi connectivity index (χ3n) is 1.51. The van der Waals surface area contributed by atoms with Gasteiger partial charge in [-0.3, -0.25) is 4.72 Å². The maximum absolute atomic E-state index is 10.9. The first-order chi connectivity index (χ1) is 6.78. The monoisotopic (exact) mass is 230 g/mol. The van der Waals surface area contributed by atoms with Crippen molar-refractivity contribution in [3.05, 3.63) is 23.8 Å². The molecule has 1 rings (SSSR count). The lowest BCUT2D eigenvalue weighted by atomic mass is 10.2. The van der Waals surface area contributed by atoms with Gasteiger partial charge in [-0.1, -0.05) is 0 Å². The van der Waals surface area contributed by atoms with E-state index in [1.165, 1.54) is 18.2 Å². The summed E-state index contributed by atoms with van der Waals surface area (Å²) in [5.41, 5.74) is 5.67. The Morgan fingerprint density at radius 3 is 2.47 bits per heavy atom. The Bertz CT molecular complexity index is 495. The third-order valence-corrected chi connectivity index (χ3v) is 2.11. The van der Waals surface area contributed by atoms with Crippen molar-refractivity contribution in [3.8, 4) is 0 Å². The van der Waals surface area contributed by atoms with E-state index < -0.39 is 16.0 Å². The molecule has 4 N–H and O–H groups in total. The largest absolute Gasteiger partial charge is 0.478 e. The van der Waals surface area contributed by atoms with E-state index in [2.05, 4.69) is 4.72 Å². The van der Waals surface area contributed by atoms with E-state index in [1.54, 1.807) is 0 Å². The maximum Gasteiger partial charge on any atom is 0.335 e. The number of nitrogens with one attached hydrogen (secondary N) is 1. The number of carboxylic acids is 1. The molecule has 0 heterocycles. The summed E-state index contributed by atoms with van der Waals surface area (Å²) in [5.74, 6) is -1.17. The molecule has 0 bridgehead atoms. The normalized spacial score (nSPS) is 11.0. The summed E-state index contributed by atoms with van der Waals surface area (Å²) in [5, 5.41) is 8.70. The average Bonchev–Trinajstić information content (AvgIpc) is 1.99. The molecule has 7 heteroatoms. The second-order valence-electron chi connectivity index (χ2n) is 3.02. The number of carboxylic acid groups (broad SMARTS) is 1. The fraction of sp³-hybridized carbons (Fsp3) is 0.125. The molecule has 15 heavy (non-hydrogen) atoms. The second kappa shape index (κ2) is 3.77. The Kier molecular flexibility index (Phi) is 2.85. The van der Waals surface area contributed by atoms with Gasteiger partial charge in [-0.2, -0.15) is 0 Å². The predicted octanol–water partition coefficient (Wildman–Crippen LogP) is 0.338. The molecule has 0 saturated carbocycles. The molecule has 0 aliphatic heterocycles. The number of aromatic carboxylic acids is 1. The molecular formula is C8H10N2O4S. The molecule has 0 saturated heterocycles. The van der Waals surface area contributed by atoms with Crippen molar-refractivity contribution in [1.82, 2.24) is 0 Å². The Balaban J connectivity index is 3.15. The van der Waals surface area contributed by atoms with E-state index in [1.807, 2.05) is 0 Å². The molecule has 82 valence electrons. The van der Waals surface area contributed by atoms with Crippen molar-refractivity contribution in [2.75, 3.05) is 16.7 Å². The Morgan fingerprint density at radius 1 is 1.40 bits per heavy atom. The van der Waals surface area contributed by atoms with Crippen molar-refractivity contribution in [2.45, 2.75) is 0 Å². The van der Waals surface area contributed by atoms with Crippen LogP contribution in [0.1, 0.15) is 10.4 Å². The minimum Gasteiger partial charge on any atom is -0.478 e. The molecule has 0 spiro atoms. The smallest absolute Gasteiger partial charge is 0.335 e. The molecule has 0 amide bonds. The maximum atomic E-state index is 10.9. The minimum absolute atomic E-state index is 0.0684. The van der Waals surface area contributed by atoms with Crippen LogP contribution >= 0.6 is 0 Å². The van der Waals surface area contributed by atoms with Gasteiger partial charge in [-0.15, -0.1) is 0 Å². The van der Waals surface area contributed by atoms with E-state index in [9.17, 15) is 13.2 Å². The van der Waals surface area contributed by atoms with Crippen LogP contribution < -0.4 is 10.5 Å². The van der Waals surface area contributed by atoms with E-state index in [0.29, 0.717) is 0 Å². The van der Waals surface area contributed by atoms with Crippen molar-refractivity contribution in [2.24, 2.45) is 0 Å². The molecular weight excluding hydrogens is 220 g/mol. The molecule has 0 radical (unpaired) electrons. The van der Waals surface area contributed by atoms with Gasteiger partial charge in [0.1, 0.15) is 0 Å². The number of nitrogens with two attached hydrogens (primary N) is 1. The number of rotatable bonds is 3. The average molecular weight is 230 g/mol. The number of carbonyl (C=O) groups is 1. The van der Waals surface area contributed by atoms with Crippen molar-refractivity contribution >= 4 is 27.4 Å². The lowest BCUT2D eigenvalue weighted by Gasteiger charge is -2.06. The van der Waals surface area contributed by atoms with Crippen LogP contribution in [0.3, 0.4) is 0 Å². The highest BCUT2D eigenvalue weighted by atomic mass is 32.2. The highest BCUT2D eigenvalue weighted by Gasteiger charge is 2.08. The van der Waals surface area contributed by atoms with Gasteiger partial charge in [0.05, 0.1) is 17.5 Å². The molecule has 1 aromatic carbocycles. The van der Waals surface area contributed by atoms with Crippen molar-refractivity contribution in [3.63, 3.8) is 0 Å². The predicted molar refractivity (Wildman–Crippen MR) is 56.3 cm³/mol. The molecule has 0 fully saturated rings. The summed E-state index contributed by atoms with van der Waals surface area (Å²) < 4.78 is 23.9. The van der Waals surface area contributed by atoms with Crippen LogP contribution in [0.2, 0.25) is 0 Å². The minimum atomic E-state index is -3.43. The van der Waals surface area contributed by atoms with Gasteiger partial charge in [0.15, 0.2) is 0 Å². The molecule has 0 aliphatic rings.